The van der Waals surface area contributed by atoms with Crippen molar-refractivity contribution < 1.29 is 35.7 Å². The van der Waals surface area contributed by atoms with Crippen LogP contribution in [0.2, 0.25) is 0 Å². The number of methoxy groups -OCH3 is 2. The Morgan fingerprint density at radius 1 is 0.424 bits per heavy atom. The summed E-state index contributed by atoms with van der Waals surface area (Å²) in [7, 11) is 10.4. The van der Waals surface area contributed by atoms with E-state index in [1.807, 2.05) is 109 Å². The van der Waals surface area contributed by atoms with Crippen LogP contribution in [0, 0.1) is 27.7 Å². The molecule has 0 aliphatic carbocycles. The minimum absolute atomic E-state index is 0. The zero-order valence-corrected chi connectivity index (χ0v) is 38.5. The zero-order chi connectivity index (χ0) is 42.1. The topological polar surface area (TPSA) is 99.6 Å². The molecular formula is C50H56N6O2Zr. The minimum atomic E-state index is 0. The predicted octanol–water partition coefficient (Wildman–Crippen LogP) is 12.3. The van der Waals surface area contributed by atoms with Gasteiger partial charge in [-0.1, -0.05) is 109 Å². The van der Waals surface area contributed by atoms with E-state index < -0.39 is 0 Å². The maximum atomic E-state index is 5.58. The van der Waals surface area contributed by atoms with E-state index in [-0.39, 0.29) is 26.2 Å². The van der Waals surface area contributed by atoms with Crippen molar-refractivity contribution in [1.82, 2.24) is 9.97 Å². The molecule has 0 unspecified atom stereocenters. The van der Waals surface area contributed by atoms with Gasteiger partial charge in [0, 0.05) is 34.7 Å². The number of rotatable bonds is 8. The Kier molecular flexibility index (Phi) is 23.5. The largest absolute Gasteiger partial charge is 4.00 e. The first-order valence-electron chi connectivity index (χ1n) is 18.9. The van der Waals surface area contributed by atoms with Crippen molar-refractivity contribution in [2.24, 2.45) is 9.98 Å². The van der Waals surface area contributed by atoms with Crippen LogP contribution in [-0.2, 0) is 26.2 Å². The molecule has 0 bridgehead atoms. The molecule has 0 saturated carbocycles. The molecule has 7 aromatic rings. The third kappa shape index (κ3) is 15.6. The van der Waals surface area contributed by atoms with Gasteiger partial charge in [-0.2, -0.15) is 40.6 Å². The summed E-state index contributed by atoms with van der Waals surface area (Å²) in [5.74, 6) is 1.73. The van der Waals surface area contributed by atoms with Crippen LogP contribution in [0.3, 0.4) is 0 Å². The Hall–Kier alpha value is -5.60. The molecule has 0 radical (unpaired) electrons. The van der Waals surface area contributed by atoms with Gasteiger partial charge in [0.1, 0.15) is 11.5 Å². The number of benzene rings is 5. The van der Waals surface area contributed by atoms with Gasteiger partial charge in [0.2, 0.25) is 0 Å². The van der Waals surface area contributed by atoms with Crippen molar-refractivity contribution in [3.8, 4) is 33.8 Å². The van der Waals surface area contributed by atoms with Crippen LogP contribution >= 0.6 is 0 Å². The second-order valence-electron chi connectivity index (χ2n) is 12.9. The van der Waals surface area contributed by atoms with Gasteiger partial charge in [0.05, 0.1) is 25.6 Å². The molecule has 59 heavy (non-hydrogen) atoms. The Bertz CT molecular complexity index is 2080. The van der Waals surface area contributed by atoms with Gasteiger partial charge in [0.15, 0.2) is 0 Å². The molecule has 9 heteroatoms. The van der Waals surface area contributed by atoms with Crippen LogP contribution < -0.4 is 19.4 Å². The van der Waals surface area contributed by atoms with Crippen molar-refractivity contribution in [3.63, 3.8) is 0 Å². The van der Waals surface area contributed by atoms with E-state index in [4.69, 9.17) is 9.47 Å². The molecule has 0 fully saturated rings. The summed E-state index contributed by atoms with van der Waals surface area (Å²) in [6.45, 7) is 8.38. The van der Waals surface area contributed by atoms with E-state index in [1.165, 1.54) is 22.3 Å². The molecule has 302 valence electrons. The normalized spacial score (nSPS) is 10.1. The standard InChI is InChI=1S/2C20H19N2O.C6H6.2C2H6N.Zr/c2*1-14-7-4-10-17(22-13-16-9-6-12-21-16)19(14)20-15(2)8-5-11-18(20)23-3;1-2-4-6-5-3-1;2*1-3-2;/h2*4-13H,1-3H3;1-6H;2*1-2H3;/q2*-1;;2*-1;+4. The molecule has 0 saturated heterocycles. The fourth-order valence-electron chi connectivity index (χ4n) is 5.87. The van der Waals surface area contributed by atoms with Gasteiger partial charge in [-0.25, -0.2) is 0 Å². The summed E-state index contributed by atoms with van der Waals surface area (Å²) in [5.41, 5.74) is 12.6. The number of aryl methyl sites for hydroxylation is 4. The summed E-state index contributed by atoms with van der Waals surface area (Å²) in [5, 5.41) is 7.00. The van der Waals surface area contributed by atoms with E-state index in [0.29, 0.717) is 0 Å². The summed E-state index contributed by atoms with van der Waals surface area (Å²) in [6.07, 6.45) is 7.12. The molecule has 0 aliphatic rings. The average Bonchev–Trinajstić information content (AvgIpc) is 3.97. The van der Waals surface area contributed by atoms with Gasteiger partial charge >= 0.3 is 26.2 Å². The third-order valence-corrected chi connectivity index (χ3v) is 8.40. The van der Waals surface area contributed by atoms with Gasteiger partial charge in [-0.05, 0) is 74.2 Å². The summed E-state index contributed by atoms with van der Waals surface area (Å²) in [4.78, 5) is 17.8. The van der Waals surface area contributed by atoms with Crippen LogP contribution in [0.1, 0.15) is 33.6 Å². The number of ether oxygens (including phenoxy) is 2. The number of hydrogen-bond donors (Lipinski definition) is 0. The van der Waals surface area contributed by atoms with Crippen molar-refractivity contribution in [2.75, 3.05) is 42.4 Å². The quantitative estimate of drug-likeness (QED) is 0.142. The molecule has 5 aromatic carbocycles. The third-order valence-electron chi connectivity index (χ3n) is 8.40. The first kappa shape index (κ1) is 49.5. The second kappa shape index (κ2) is 27.9. The van der Waals surface area contributed by atoms with Crippen molar-refractivity contribution in [3.05, 3.63) is 190 Å². The second-order valence-corrected chi connectivity index (χ2v) is 12.9. The van der Waals surface area contributed by atoms with Crippen molar-refractivity contribution >= 4 is 23.8 Å². The van der Waals surface area contributed by atoms with E-state index in [9.17, 15) is 0 Å². The maximum absolute atomic E-state index is 5.58. The molecule has 7 rings (SSSR count). The van der Waals surface area contributed by atoms with Crippen LogP contribution in [0.25, 0.3) is 32.9 Å². The molecule has 0 amide bonds. The van der Waals surface area contributed by atoms with E-state index >= 15 is 0 Å². The van der Waals surface area contributed by atoms with Crippen molar-refractivity contribution in [2.45, 2.75) is 27.7 Å². The van der Waals surface area contributed by atoms with E-state index in [2.05, 4.69) is 82.5 Å². The molecule has 2 aromatic heterocycles. The van der Waals surface area contributed by atoms with Gasteiger partial charge < -0.3 is 30.1 Å². The predicted molar refractivity (Wildman–Crippen MR) is 247 cm³/mol. The van der Waals surface area contributed by atoms with Crippen molar-refractivity contribution in [1.29, 1.82) is 0 Å². The van der Waals surface area contributed by atoms with Crippen LogP contribution in [0.4, 0.5) is 11.4 Å². The molecule has 0 aliphatic heterocycles. The maximum Gasteiger partial charge on any atom is 4.00 e. The smallest absolute Gasteiger partial charge is 0.668 e. The first-order valence-corrected chi connectivity index (χ1v) is 18.9. The Labute approximate surface area is 371 Å². The summed E-state index contributed by atoms with van der Waals surface area (Å²) < 4.78 is 11.2. The number of nitrogens with zero attached hydrogens (tertiary/aromatic N) is 6. The Balaban J connectivity index is 0.000000315. The number of aromatic nitrogens is 2. The molecule has 0 spiro atoms. The zero-order valence-electron chi connectivity index (χ0n) is 36.0. The summed E-state index contributed by atoms with van der Waals surface area (Å²) in [6, 6.07) is 44.1. The Morgan fingerprint density at radius 2 is 0.729 bits per heavy atom. The number of aliphatic imine (C=N–C) groups is 2. The number of hydrogen-bond acceptors (Lipinski definition) is 4. The van der Waals surface area contributed by atoms with Gasteiger partial charge in [0.25, 0.3) is 0 Å². The summed E-state index contributed by atoms with van der Waals surface area (Å²) >= 11 is 0. The molecule has 8 nitrogen and oxygen atoms in total. The van der Waals surface area contributed by atoms with Gasteiger partial charge in [-0.3, -0.25) is 9.98 Å². The van der Waals surface area contributed by atoms with E-state index in [0.717, 1.165) is 56.5 Å². The first-order chi connectivity index (χ1) is 28.2. The fraction of sp³-hybridized carbons (Fsp3) is 0.200. The van der Waals surface area contributed by atoms with Crippen LogP contribution in [0.5, 0.6) is 11.5 Å². The Morgan fingerprint density at radius 3 is 1.02 bits per heavy atom. The SMILES string of the molecule is COc1cccc(C)c1-c1c(C)cccc1N=Cc1ccc[n-]1.COc1cccc(C)c1-c1c(C)cccc1N=Cc1ccc[n-]1.C[N-]C.C[N-]C.[Zr+4].c1ccccc1. The van der Waals surface area contributed by atoms with Crippen LogP contribution in [-0.4, -0.2) is 54.8 Å². The van der Waals surface area contributed by atoms with E-state index in [1.54, 1.807) is 67.2 Å². The monoisotopic (exact) mass is 862 g/mol. The molecule has 2 heterocycles. The minimum Gasteiger partial charge on any atom is -0.668 e. The van der Waals surface area contributed by atoms with Gasteiger partial charge in [-0.15, -0.1) is 11.4 Å². The molecule has 0 N–H and O–H groups in total. The molecular weight excluding hydrogens is 808 g/mol. The molecule has 0 atom stereocenters. The fourth-order valence-corrected chi connectivity index (χ4v) is 5.87. The average molecular weight is 864 g/mol. The van der Waals surface area contributed by atoms with Crippen LogP contribution in [0.15, 0.2) is 156 Å².